The molecule has 1 fully saturated rings. The summed E-state index contributed by atoms with van der Waals surface area (Å²) in [6.07, 6.45) is 0. The maximum absolute atomic E-state index is 11.9. The number of carbonyl (C=O) groups is 1. The Kier molecular flexibility index (Phi) is 3.52. The van der Waals surface area contributed by atoms with Crippen molar-refractivity contribution < 1.29 is 14.1 Å². The Labute approximate surface area is 118 Å². The van der Waals surface area contributed by atoms with Gasteiger partial charge < -0.3 is 19.6 Å². The molecule has 0 radical (unpaired) electrons. The summed E-state index contributed by atoms with van der Waals surface area (Å²) in [6.45, 7) is 7.72. The largest absolute Gasteiger partial charge is 0.497 e. The molecule has 0 saturated carbocycles. The van der Waals surface area contributed by atoms with Gasteiger partial charge in [0, 0.05) is 18.6 Å². The molecule has 2 N–H and O–H groups in total. The molecule has 2 rings (SSSR count). The first kappa shape index (κ1) is 14.8. The van der Waals surface area contributed by atoms with E-state index in [1.165, 1.54) is 13.1 Å². The first-order valence-corrected chi connectivity index (χ1v) is 6.49. The van der Waals surface area contributed by atoms with Gasteiger partial charge in [0.15, 0.2) is 0 Å². The summed E-state index contributed by atoms with van der Waals surface area (Å²) in [6, 6.07) is 2.92. The van der Waals surface area contributed by atoms with Crippen LogP contribution >= 0.6 is 0 Å². The molecule has 1 aromatic rings. The second-order valence-corrected chi connectivity index (χ2v) is 5.82. The molecule has 1 aromatic heterocycles. The minimum Gasteiger partial charge on any atom is -0.399 e. The Hall–Kier alpha value is -1.60. The quantitative estimate of drug-likeness (QED) is 0.748. The SMILES string of the molecule is CNC(=O)c1[nH]c(=O)ccc1B1OC(C)(C)C(C)(C)O1. The number of aromatic amines is 1. The average Bonchev–Trinajstić information content (AvgIpc) is 2.57. The van der Waals surface area contributed by atoms with Gasteiger partial charge in [-0.15, -0.1) is 0 Å². The van der Waals surface area contributed by atoms with Gasteiger partial charge >= 0.3 is 7.12 Å². The molecule has 0 aliphatic carbocycles. The monoisotopic (exact) mass is 278 g/mol. The normalized spacial score (nSPS) is 19.9. The van der Waals surface area contributed by atoms with Crippen LogP contribution in [0.1, 0.15) is 38.2 Å². The average molecular weight is 278 g/mol. The smallest absolute Gasteiger partial charge is 0.399 e. The summed E-state index contributed by atoms with van der Waals surface area (Å²) < 4.78 is 11.8. The summed E-state index contributed by atoms with van der Waals surface area (Å²) >= 11 is 0. The number of pyridine rings is 1. The first-order valence-electron chi connectivity index (χ1n) is 6.49. The van der Waals surface area contributed by atoms with Crippen LogP contribution in [0.3, 0.4) is 0 Å². The highest BCUT2D eigenvalue weighted by molar-refractivity contribution is 6.63. The summed E-state index contributed by atoms with van der Waals surface area (Å²) in [5.41, 5.74) is -0.674. The van der Waals surface area contributed by atoms with Crippen molar-refractivity contribution in [1.82, 2.24) is 10.3 Å². The Morgan fingerprint density at radius 2 is 1.75 bits per heavy atom. The second-order valence-electron chi connectivity index (χ2n) is 5.82. The number of hydrogen-bond donors (Lipinski definition) is 2. The van der Waals surface area contributed by atoms with Gasteiger partial charge in [-0.1, -0.05) is 6.07 Å². The van der Waals surface area contributed by atoms with Crippen molar-refractivity contribution in [2.45, 2.75) is 38.9 Å². The number of amides is 1. The van der Waals surface area contributed by atoms with Crippen LogP contribution in [0.2, 0.25) is 0 Å². The summed E-state index contributed by atoms with van der Waals surface area (Å²) in [5, 5.41) is 2.49. The van der Waals surface area contributed by atoms with E-state index in [9.17, 15) is 9.59 Å². The maximum Gasteiger partial charge on any atom is 0.497 e. The zero-order chi connectivity index (χ0) is 15.1. The molecule has 2 heterocycles. The third kappa shape index (κ3) is 2.38. The topological polar surface area (TPSA) is 80.4 Å². The lowest BCUT2D eigenvalue weighted by Crippen LogP contribution is -2.42. The van der Waals surface area contributed by atoms with Crippen molar-refractivity contribution in [3.63, 3.8) is 0 Å². The number of nitrogens with one attached hydrogen (secondary N) is 2. The van der Waals surface area contributed by atoms with Crippen LogP contribution in [0.15, 0.2) is 16.9 Å². The van der Waals surface area contributed by atoms with Crippen molar-refractivity contribution in [3.8, 4) is 0 Å². The number of rotatable bonds is 2. The molecule has 0 spiro atoms. The van der Waals surface area contributed by atoms with Crippen LogP contribution in [-0.2, 0) is 9.31 Å². The van der Waals surface area contributed by atoms with Crippen LogP contribution < -0.4 is 16.3 Å². The molecule has 1 aliphatic rings. The van der Waals surface area contributed by atoms with Crippen LogP contribution in [0.25, 0.3) is 0 Å². The summed E-state index contributed by atoms with van der Waals surface area (Å²) in [4.78, 5) is 25.8. The number of carbonyl (C=O) groups excluding carboxylic acids is 1. The Bertz CT molecular complexity index is 578. The van der Waals surface area contributed by atoms with Gasteiger partial charge in [0.25, 0.3) is 5.91 Å². The first-order chi connectivity index (χ1) is 9.18. The molecule has 1 saturated heterocycles. The van der Waals surface area contributed by atoms with Crippen molar-refractivity contribution in [2.24, 2.45) is 0 Å². The molecular formula is C13H19BN2O4. The standard InChI is InChI=1S/C13H19BN2O4/c1-12(2)13(3,4)20-14(19-12)8-6-7-9(17)16-10(8)11(18)15-5/h6-7H,1-5H3,(H,15,18)(H,16,17). The fourth-order valence-electron chi connectivity index (χ4n) is 1.97. The molecule has 0 aromatic carbocycles. The van der Waals surface area contributed by atoms with Gasteiger partial charge in [0.1, 0.15) is 5.69 Å². The van der Waals surface area contributed by atoms with E-state index in [0.717, 1.165) is 0 Å². The van der Waals surface area contributed by atoms with Gasteiger partial charge in [-0.3, -0.25) is 9.59 Å². The molecule has 1 aliphatic heterocycles. The van der Waals surface area contributed by atoms with Crippen LogP contribution in [0.4, 0.5) is 0 Å². The Morgan fingerprint density at radius 1 is 1.20 bits per heavy atom. The van der Waals surface area contributed by atoms with Crippen LogP contribution in [0, 0.1) is 0 Å². The van der Waals surface area contributed by atoms with E-state index in [2.05, 4.69) is 10.3 Å². The molecule has 20 heavy (non-hydrogen) atoms. The van der Waals surface area contributed by atoms with E-state index in [-0.39, 0.29) is 17.2 Å². The molecule has 1 amide bonds. The van der Waals surface area contributed by atoms with E-state index >= 15 is 0 Å². The Balaban J connectivity index is 2.45. The second kappa shape index (κ2) is 4.75. The maximum atomic E-state index is 11.9. The lowest BCUT2D eigenvalue weighted by molar-refractivity contribution is 0.00578. The Morgan fingerprint density at radius 3 is 2.25 bits per heavy atom. The summed E-state index contributed by atoms with van der Waals surface area (Å²) in [7, 11) is 0.811. The highest BCUT2D eigenvalue weighted by Gasteiger charge is 2.52. The molecule has 6 nitrogen and oxygen atoms in total. The van der Waals surface area contributed by atoms with Gasteiger partial charge in [-0.25, -0.2) is 0 Å². The fourth-order valence-corrected chi connectivity index (χ4v) is 1.97. The lowest BCUT2D eigenvalue weighted by Gasteiger charge is -2.32. The number of hydrogen-bond acceptors (Lipinski definition) is 4. The summed E-state index contributed by atoms with van der Waals surface area (Å²) in [5.74, 6) is -0.382. The van der Waals surface area contributed by atoms with Crippen LogP contribution in [-0.4, -0.2) is 36.3 Å². The van der Waals surface area contributed by atoms with Crippen LogP contribution in [0.5, 0.6) is 0 Å². The highest BCUT2D eigenvalue weighted by Crippen LogP contribution is 2.36. The van der Waals surface area contributed by atoms with Gasteiger partial charge in [0.2, 0.25) is 5.56 Å². The molecule has 7 heteroatoms. The molecule has 108 valence electrons. The fraction of sp³-hybridized carbons (Fsp3) is 0.538. The van der Waals surface area contributed by atoms with Crippen molar-refractivity contribution >= 4 is 18.5 Å². The molecular weight excluding hydrogens is 259 g/mol. The lowest BCUT2D eigenvalue weighted by atomic mass is 9.77. The van der Waals surface area contributed by atoms with Gasteiger partial charge in [-0.2, -0.15) is 0 Å². The number of H-pyrrole nitrogens is 1. The van der Waals surface area contributed by atoms with Gasteiger partial charge in [0.05, 0.1) is 11.2 Å². The minimum absolute atomic E-state index is 0.165. The van der Waals surface area contributed by atoms with Crippen molar-refractivity contribution in [1.29, 1.82) is 0 Å². The predicted octanol–water partition coefficient (Wildman–Crippen LogP) is 0.0337. The molecule has 0 unspecified atom stereocenters. The van der Waals surface area contributed by atoms with Crippen molar-refractivity contribution in [3.05, 3.63) is 28.2 Å². The highest BCUT2D eigenvalue weighted by atomic mass is 16.7. The predicted molar refractivity (Wildman–Crippen MR) is 76.2 cm³/mol. The molecule has 0 bridgehead atoms. The van der Waals surface area contributed by atoms with E-state index in [1.807, 2.05) is 27.7 Å². The van der Waals surface area contributed by atoms with Gasteiger partial charge in [-0.05, 0) is 27.7 Å². The van der Waals surface area contributed by atoms with Crippen molar-refractivity contribution in [2.75, 3.05) is 7.05 Å². The zero-order valence-electron chi connectivity index (χ0n) is 12.4. The third-order valence-electron chi connectivity index (χ3n) is 3.91. The molecule has 0 atom stereocenters. The van der Waals surface area contributed by atoms with E-state index < -0.39 is 18.3 Å². The number of aromatic nitrogens is 1. The third-order valence-corrected chi connectivity index (χ3v) is 3.91. The van der Waals surface area contributed by atoms with E-state index in [4.69, 9.17) is 9.31 Å². The zero-order valence-corrected chi connectivity index (χ0v) is 12.4. The van der Waals surface area contributed by atoms with E-state index in [1.54, 1.807) is 6.07 Å². The minimum atomic E-state index is -0.691. The van der Waals surface area contributed by atoms with E-state index in [0.29, 0.717) is 5.46 Å².